The molecule has 19 heavy (non-hydrogen) atoms. The average Bonchev–Trinajstić information content (AvgIpc) is 2.26. The highest BCUT2D eigenvalue weighted by atomic mass is 127. The van der Waals surface area contributed by atoms with Gasteiger partial charge in [0.05, 0.1) is 6.16 Å². The highest BCUT2D eigenvalue weighted by Crippen LogP contribution is 2.35. The quantitative estimate of drug-likeness (QED) is 0.418. The monoisotopic (exact) mass is 399 g/mol. The molecule has 1 aromatic rings. The van der Waals surface area contributed by atoms with Crippen LogP contribution in [0.25, 0.3) is 0 Å². The third-order valence-corrected chi connectivity index (χ3v) is 4.07. The van der Waals surface area contributed by atoms with Gasteiger partial charge in [0.25, 0.3) is 0 Å². The summed E-state index contributed by atoms with van der Waals surface area (Å²) in [6.45, 7) is 0. The predicted octanol–water partition coefficient (Wildman–Crippen LogP) is 0.966. The first-order valence-electron chi connectivity index (χ1n) is 5.49. The van der Waals surface area contributed by atoms with Gasteiger partial charge in [-0.1, -0.05) is 6.07 Å². The second-order valence-electron chi connectivity index (χ2n) is 4.20. The maximum absolute atomic E-state index is 10.9. The molecule has 5 N–H and O–H groups in total. The maximum atomic E-state index is 10.9. The van der Waals surface area contributed by atoms with Crippen LogP contribution in [0.3, 0.4) is 0 Å². The predicted molar refractivity (Wildman–Crippen MR) is 79.1 cm³/mol. The van der Waals surface area contributed by atoms with Crippen molar-refractivity contribution in [1.82, 2.24) is 0 Å². The Morgan fingerprint density at radius 3 is 2.53 bits per heavy atom. The Hall–Kier alpha value is -0.470. The molecule has 8 heteroatoms. The second-order valence-corrected chi connectivity index (χ2v) is 7.22. The van der Waals surface area contributed by atoms with Crippen LogP contribution in [-0.2, 0) is 22.2 Å². The van der Waals surface area contributed by atoms with Crippen molar-refractivity contribution in [3.63, 3.8) is 0 Å². The van der Waals surface area contributed by atoms with Gasteiger partial charge in [-0.3, -0.25) is 9.36 Å². The number of nitrogens with two attached hydrogens (primary N) is 1. The summed E-state index contributed by atoms with van der Waals surface area (Å²) in [4.78, 5) is 28.5. The van der Waals surface area contributed by atoms with E-state index in [-0.39, 0.29) is 19.0 Å². The zero-order valence-corrected chi connectivity index (χ0v) is 13.0. The number of carbonyl (C=O) groups is 1. The van der Waals surface area contributed by atoms with Crippen molar-refractivity contribution in [2.24, 2.45) is 5.73 Å². The van der Waals surface area contributed by atoms with Crippen LogP contribution < -0.4 is 5.73 Å². The lowest BCUT2D eigenvalue weighted by Gasteiger charge is -2.13. The summed E-state index contributed by atoms with van der Waals surface area (Å²) in [5.41, 5.74) is 6.93. The third-order valence-electron chi connectivity index (χ3n) is 2.60. The molecule has 1 rings (SSSR count). The molecule has 6 nitrogen and oxygen atoms in total. The number of hydrogen-bond acceptors (Lipinski definition) is 3. The van der Waals surface area contributed by atoms with E-state index < -0.39 is 19.6 Å². The highest BCUT2D eigenvalue weighted by molar-refractivity contribution is 14.1. The van der Waals surface area contributed by atoms with Crippen LogP contribution in [0.1, 0.15) is 11.1 Å². The number of hydrogen-bond donors (Lipinski definition) is 4. The van der Waals surface area contributed by atoms with E-state index in [1.54, 1.807) is 12.1 Å². The summed E-state index contributed by atoms with van der Waals surface area (Å²) >= 11 is 2.09. The van der Waals surface area contributed by atoms with Crippen molar-refractivity contribution in [2.45, 2.75) is 18.9 Å². The summed E-state index contributed by atoms with van der Waals surface area (Å²) in [5, 5.41) is 8.81. The first-order valence-corrected chi connectivity index (χ1v) is 8.37. The fraction of sp³-hybridized carbons (Fsp3) is 0.364. The number of benzene rings is 1. The van der Waals surface area contributed by atoms with Gasteiger partial charge in [-0.15, -0.1) is 0 Å². The normalized spacial score (nSPS) is 13.3. The lowest BCUT2D eigenvalue weighted by Crippen LogP contribution is -2.32. The molecular weight excluding hydrogens is 384 g/mol. The van der Waals surface area contributed by atoms with E-state index in [9.17, 15) is 9.36 Å². The van der Waals surface area contributed by atoms with Gasteiger partial charge in [-0.25, -0.2) is 0 Å². The van der Waals surface area contributed by atoms with E-state index in [2.05, 4.69) is 22.6 Å². The molecule has 0 radical (unpaired) electrons. The Bertz CT molecular complexity index is 516. The number of rotatable bonds is 6. The Balaban J connectivity index is 2.91. The van der Waals surface area contributed by atoms with Crippen molar-refractivity contribution in [1.29, 1.82) is 0 Å². The van der Waals surface area contributed by atoms with Gasteiger partial charge in [-0.2, -0.15) is 0 Å². The number of halogens is 1. The van der Waals surface area contributed by atoms with Crippen LogP contribution >= 0.6 is 30.2 Å². The molecule has 0 aromatic heterocycles. The van der Waals surface area contributed by atoms with E-state index in [0.717, 1.165) is 14.7 Å². The molecule has 0 fully saturated rings. The fourth-order valence-corrected chi connectivity index (χ4v) is 2.71. The van der Waals surface area contributed by atoms with Gasteiger partial charge in [0, 0.05) is 3.57 Å². The Morgan fingerprint density at radius 2 is 2.00 bits per heavy atom. The molecule has 106 valence electrons. The smallest absolute Gasteiger partial charge is 0.325 e. The molecule has 0 aliphatic rings. The first-order chi connectivity index (χ1) is 8.69. The minimum absolute atomic E-state index is 0.142. The van der Waals surface area contributed by atoms with Gasteiger partial charge < -0.3 is 20.6 Å². The Labute approximate surface area is 124 Å². The highest BCUT2D eigenvalue weighted by Gasteiger charge is 2.17. The largest absolute Gasteiger partial charge is 0.480 e. The van der Waals surface area contributed by atoms with E-state index in [4.69, 9.17) is 20.6 Å². The molecule has 0 spiro atoms. The topological polar surface area (TPSA) is 121 Å². The fourth-order valence-electron chi connectivity index (χ4n) is 1.62. The van der Waals surface area contributed by atoms with Crippen LogP contribution in [-0.4, -0.2) is 33.1 Å². The molecule has 1 atom stereocenters. The lowest BCUT2D eigenvalue weighted by molar-refractivity contribution is -0.138. The van der Waals surface area contributed by atoms with E-state index in [1.807, 2.05) is 6.07 Å². The minimum atomic E-state index is -4.07. The van der Waals surface area contributed by atoms with E-state index >= 15 is 0 Å². The van der Waals surface area contributed by atoms with Crippen LogP contribution in [0.5, 0.6) is 0 Å². The SMILES string of the molecule is NC(Cc1cc(I)ccc1CCP(=O)(O)O)C(=O)O. The molecule has 0 saturated heterocycles. The van der Waals surface area contributed by atoms with Gasteiger partial charge in [-0.05, 0) is 58.7 Å². The summed E-state index contributed by atoms with van der Waals surface area (Å²) in [6.07, 6.45) is 0.0778. The first kappa shape index (κ1) is 16.6. The van der Waals surface area contributed by atoms with Gasteiger partial charge >= 0.3 is 13.6 Å². The number of aryl methyl sites for hydroxylation is 1. The molecule has 0 saturated carbocycles. The summed E-state index contributed by atoms with van der Waals surface area (Å²) < 4.78 is 11.8. The van der Waals surface area contributed by atoms with Crippen LogP contribution in [0.15, 0.2) is 18.2 Å². The van der Waals surface area contributed by atoms with Gasteiger partial charge in [0.1, 0.15) is 6.04 Å². The van der Waals surface area contributed by atoms with E-state index in [1.165, 1.54) is 0 Å². The molecule has 0 bridgehead atoms. The Kier molecular flexibility index (Phi) is 5.94. The Morgan fingerprint density at radius 1 is 1.37 bits per heavy atom. The zero-order chi connectivity index (χ0) is 14.6. The van der Waals surface area contributed by atoms with Crippen molar-refractivity contribution >= 4 is 36.2 Å². The van der Waals surface area contributed by atoms with Crippen molar-refractivity contribution < 1.29 is 24.3 Å². The van der Waals surface area contributed by atoms with Crippen LogP contribution in [0.2, 0.25) is 0 Å². The molecular formula is C11H15INO5P. The minimum Gasteiger partial charge on any atom is -0.480 e. The van der Waals surface area contributed by atoms with Gasteiger partial charge in [0.2, 0.25) is 0 Å². The number of carboxylic acid groups (broad SMARTS) is 1. The summed E-state index contributed by atoms with van der Waals surface area (Å²) in [6, 6.07) is 4.33. The van der Waals surface area contributed by atoms with Crippen LogP contribution in [0.4, 0.5) is 0 Å². The summed E-state index contributed by atoms with van der Waals surface area (Å²) in [5.74, 6) is -1.10. The molecule has 1 aromatic carbocycles. The average molecular weight is 399 g/mol. The molecule has 0 aliphatic carbocycles. The molecule has 1 unspecified atom stereocenters. The second kappa shape index (κ2) is 6.81. The van der Waals surface area contributed by atoms with E-state index in [0.29, 0.717) is 0 Å². The molecule has 0 aliphatic heterocycles. The molecule has 0 heterocycles. The lowest BCUT2D eigenvalue weighted by atomic mass is 9.99. The van der Waals surface area contributed by atoms with Gasteiger partial charge in [0.15, 0.2) is 0 Å². The van der Waals surface area contributed by atoms with Crippen LogP contribution in [0, 0.1) is 3.57 Å². The zero-order valence-electron chi connectivity index (χ0n) is 9.99. The van der Waals surface area contributed by atoms with Crippen molar-refractivity contribution in [3.05, 3.63) is 32.9 Å². The molecule has 0 amide bonds. The van der Waals surface area contributed by atoms with Crippen molar-refractivity contribution in [3.8, 4) is 0 Å². The number of carboxylic acids is 1. The third kappa shape index (κ3) is 6.01. The standard InChI is InChI=1S/C11H15INO5P/c12-9-2-1-7(3-4-19(16,17)18)8(5-9)6-10(13)11(14)15/h1-2,5,10H,3-4,6,13H2,(H,14,15)(H2,16,17,18). The van der Waals surface area contributed by atoms with Crippen molar-refractivity contribution in [2.75, 3.05) is 6.16 Å². The number of aliphatic carboxylic acids is 1. The summed E-state index contributed by atoms with van der Waals surface area (Å²) in [7, 11) is -4.07. The maximum Gasteiger partial charge on any atom is 0.325 e.